The number of hydrogen-bond donors (Lipinski definition) is 1. The zero-order valence-corrected chi connectivity index (χ0v) is 16.9. The van der Waals surface area contributed by atoms with E-state index >= 15 is 0 Å². The molecule has 0 spiro atoms. The van der Waals surface area contributed by atoms with E-state index in [-0.39, 0.29) is 12.0 Å². The van der Waals surface area contributed by atoms with E-state index in [0.717, 1.165) is 38.6 Å². The van der Waals surface area contributed by atoms with Gasteiger partial charge in [-0.15, -0.1) is 0 Å². The molecule has 2 atom stereocenters. The van der Waals surface area contributed by atoms with Crippen LogP contribution in [0.3, 0.4) is 0 Å². The van der Waals surface area contributed by atoms with Gasteiger partial charge < -0.3 is 15.4 Å². The molecule has 2 N–H and O–H groups in total. The van der Waals surface area contributed by atoms with Gasteiger partial charge in [0, 0.05) is 18.0 Å². The van der Waals surface area contributed by atoms with Crippen LogP contribution in [0.2, 0.25) is 0 Å². The van der Waals surface area contributed by atoms with Crippen LogP contribution in [0.15, 0.2) is 48.5 Å². The molecule has 3 aliphatic rings. The molecule has 4 nitrogen and oxygen atoms in total. The third-order valence-corrected chi connectivity index (χ3v) is 7.19. The van der Waals surface area contributed by atoms with E-state index < -0.39 is 0 Å². The molecule has 0 aromatic heterocycles. The Bertz CT molecular complexity index is 836. The first-order valence-electron chi connectivity index (χ1n) is 11.1. The maximum atomic E-state index is 13.1. The van der Waals surface area contributed by atoms with E-state index in [4.69, 9.17) is 10.5 Å². The molecule has 2 fully saturated rings. The van der Waals surface area contributed by atoms with E-state index in [1.54, 1.807) is 0 Å². The van der Waals surface area contributed by atoms with Crippen LogP contribution in [0.5, 0.6) is 0 Å². The van der Waals surface area contributed by atoms with E-state index in [1.807, 2.05) is 0 Å². The van der Waals surface area contributed by atoms with Crippen molar-refractivity contribution in [3.63, 3.8) is 0 Å². The highest BCUT2D eigenvalue weighted by Gasteiger charge is 2.41. The summed E-state index contributed by atoms with van der Waals surface area (Å²) in [4.78, 5) is 15.2. The Balaban J connectivity index is 1.31. The fraction of sp³-hybridized carbons (Fsp3) is 0.480. The van der Waals surface area contributed by atoms with Gasteiger partial charge in [0.2, 0.25) is 0 Å². The van der Waals surface area contributed by atoms with Gasteiger partial charge in [-0.25, -0.2) is 4.79 Å². The van der Waals surface area contributed by atoms with Gasteiger partial charge in [0.05, 0.1) is 0 Å². The van der Waals surface area contributed by atoms with Crippen molar-refractivity contribution in [1.29, 1.82) is 0 Å². The summed E-state index contributed by atoms with van der Waals surface area (Å²) >= 11 is 0. The number of carbonyl (C=O) groups excluding carboxylic acids is 1. The minimum atomic E-state index is -0.118. The standard InChI is InChI=1S/C25H30N2O2/c26-13-12-17-14-18-6-5-7-19(15-17)27(18)25(28)29-16-24-22-10-3-1-8-20(22)21-9-2-4-11-23(21)24/h1-4,8-11,17-19,24H,5-7,12-16,26H2. The normalized spacial score (nSPS) is 25.4. The number of piperidine rings is 2. The molecule has 4 heteroatoms. The van der Waals surface area contributed by atoms with Crippen LogP contribution in [0.25, 0.3) is 11.1 Å². The molecule has 2 aromatic carbocycles. The second-order valence-electron chi connectivity index (χ2n) is 8.86. The summed E-state index contributed by atoms with van der Waals surface area (Å²) in [6.07, 6.45) is 6.54. The third kappa shape index (κ3) is 3.33. The van der Waals surface area contributed by atoms with Crippen LogP contribution in [0, 0.1) is 5.92 Å². The minimum Gasteiger partial charge on any atom is -0.448 e. The van der Waals surface area contributed by atoms with Crippen molar-refractivity contribution in [2.75, 3.05) is 13.2 Å². The lowest BCUT2D eigenvalue weighted by molar-refractivity contribution is 0.00420. The van der Waals surface area contributed by atoms with Crippen LogP contribution in [0.1, 0.15) is 55.6 Å². The Kier molecular flexibility index (Phi) is 5.04. The van der Waals surface area contributed by atoms with Crippen LogP contribution in [-0.4, -0.2) is 36.2 Å². The van der Waals surface area contributed by atoms with E-state index in [1.165, 1.54) is 28.7 Å². The fourth-order valence-corrected chi connectivity index (χ4v) is 5.93. The summed E-state index contributed by atoms with van der Waals surface area (Å²) in [5.41, 5.74) is 10.9. The summed E-state index contributed by atoms with van der Waals surface area (Å²) in [5, 5.41) is 0. The summed E-state index contributed by atoms with van der Waals surface area (Å²) in [6, 6.07) is 17.6. The molecule has 5 rings (SSSR count). The Morgan fingerprint density at radius 1 is 0.966 bits per heavy atom. The first kappa shape index (κ1) is 18.7. The first-order chi connectivity index (χ1) is 14.3. The smallest absolute Gasteiger partial charge is 0.410 e. The van der Waals surface area contributed by atoms with Gasteiger partial charge in [0.25, 0.3) is 0 Å². The Morgan fingerprint density at radius 2 is 1.55 bits per heavy atom. The lowest BCUT2D eigenvalue weighted by Gasteiger charge is -2.48. The molecule has 0 radical (unpaired) electrons. The number of hydrogen-bond acceptors (Lipinski definition) is 3. The zero-order valence-electron chi connectivity index (χ0n) is 16.9. The highest BCUT2D eigenvalue weighted by atomic mass is 16.6. The monoisotopic (exact) mass is 390 g/mol. The lowest BCUT2D eigenvalue weighted by atomic mass is 9.77. The van der Waals surface area contributed by atoms with Gasteiger partial charge >= 0.3 is 6.09 Å². The first-order valence-corrected chi connectivity index (χ1v) is 11.1. The highest BCUT2D eigenvalue weighted by Crippen LogP contribution is 2.45. The van der Waals surface area contributed by atoms with Crippen LogP contribution in [0.4, 0.5) is 4.79 Å². The predicted molar refractivity (Wildman–Crippen MR) is 115 cm³/mol. The number of benzene rings is 2. The summed E-state index contributed by atoms with van der Waals surface area (Å²) in [6.45, 7) is 1.16. The number of nitrogens with zero attached hydrogens (tertiary/aromatic N) is 1. The number of ether oxygens (including phenoxy) is 1. The van der Waals surface area contributed by atoms with Gasteiger partial charge in [0.15, 0.2) is 0 Å². The number of nitrogens with two attached hydrogens (primary N) is 1. The number of fused-ring (bicyclic) bond motifs is 5. The zero-order chi connectivity index (χ0) is 19.8. The summed E-state index contributed by atoms with van der Waals surface area (Å²) in [5.74, 6) is 0.786. The molecule has 2 unspecified atom stereocenters. The molecular formula is C25H30N2O2. The molecule has 29 heavy (non-hydrogen) atoms. The van der Waals surface area contributed by atoms with Crippen molar-refractivity contribution in [2.24, 2.45) is 11.7 Å². The molecular weight excluding hydrogens is 360 g/mol. The number of amides is 1. The molecule has 2 aromatic rings. The molecule has 2 heterocycles. The quantitative estimate of drug-likeness (QED) is 0.806. The molecule has 2 aliphatic heterocycles. The molecule has 2 saturated heterocycles. The van der Waals surface area contributed by atoms with E-state index in [9.17, 15) is 4.79 Å². The lowest BCUT2D eigenvalue weighted by Crippen LogP contribution is -2.55. The topological polar surface area (TPSA) is 55.6 Å². The average Bonchev–Trinajstić information content (AvgIpc) is 3.05. The maximum Gasteiger partial charge on any atom is 0.410 e. The highest BCUT2D eigenvalue weighted by molar-refractivity contribution is 5.79. The molecule has 1 aliphatic carbocycles. The van der Waals surface area contributed by atoms with Crippen LogP contribution >= 0.6 is 0 Å². The predicted octanol–water partition coefficient (Wildman–Crippen LogP) is 4.92. The van der Waals surface area contributed by atoms with Gasteiger partial charge in [-0.3, -0.25) is 0 Å². The van der Waals surface area contributed by atoms with Crippen LogP contribution < -0.4 is 5.73 Å². The van der Waals surface area contributed by atoms with E-state index in [2.05, 4.69) is 53.4 Å². The molecule has 152 valence electrons. The van der Waals surface area contributed by atoms with Gasteiger partial charge in [-0.05, 0) is 73.2 Å². The van der Waals surface area contributed by atoms with Crippen molar-refractivity contribution in [3.05, 3.63) is 59.7 Å². The molecule has 0 saturated carbocycles. The van der Waals surface area contributed by atoms with Crippen LogP contribution in [-0.2, 0) is 4.74 Å². The second kappa shape index (κ2) is 7.83. The number of carbonyl (C=O) groups is 1. The van der Waals surface area contributed by atoms with Crippen molar-refractivity contribution in [1.82, 2.24) is 4.90 Å². The van der Waals surface area contributed by atoms with Crippen molar-refractivity contribution in [3.8, 4) is 11.1 Å². The Hall–Kier alpha value is -2.33. The number of rotatable bonds is 4. The van der Waals surface area contributed by atoms with Crippen molar-refractivity contribution >= 4 is 6.09 Å². The summed E-state index contributed by atoms with van der Waals surface area (Å²) < 4.78 is 5.97. The van der Waals surface area contributed by atoms with Crippen molar-refractivity contribution < 1.29 is 9.53 Å². The minimum absolute atomic E-state index is 0.118. The maximum absolute atomic E-state index is 13.1. The fourth-order valence-electron chi connectivity index (χ4n) is 5.93. The SMILES string of the molecule is NCCC1CC2CCCC(C1)N2C(=O)OCC1c2ccccc2-c2ccccc21. The van der Waals surface area contributed by atoms with E-state index in [0.29, 0.717) is 24.6 Å². The Labute approximate surface area is 173 Å². The van der Waals surface area contributed by atoms with Gasteiger partial charge in [0.1, 0.15) is 6.61 Å². The molecule has 1 amide bonds. The molecule has 2 bridgehead atoms. The largest absolute Gasteiger partial charge is 0.448 e. The van der Waals surface area contributed by atoms with Crippen molar-refractivity contribution in [2.45, 2.75) is 56.5 Å². The van der Waals surface area contributed by atoms with Gasteiger partial charge in [-0.2, -0.15) is 0 Å². The average molecular weight is 391 g/mol. The van der Waals surface area contributed by atoms with Gasteiger partial charge in [-0.1, -0.05) is 48.5 Å². The Morgan fingerprint density at radius 3 is 2.14 bits per heavy atom. The third-order valence-electron chi connectivity index (χ3n) is 7.19. The second-order valence-corrected chi connectivity index (χ2v) is 8.86. The summed E-state index contributed by atoms with van der Waals surface area (Å²) in [7, 11) is 0.